The number of anilines is 3. The van der Waals surface area contributed by atoms with Crippen molar-refractivity contribution in [2.45, 2.75) is 12.8 Å². The third-order valence-corrected chi connectivity index (χ3v) is 11.4. The highest BCUT2D eigenvalue weighted by Gasteiger charge is 2.50. The topological polar surface area (TPSA) is 91.8 Å². The van der Waals surface area contributed by atoms with Crippen LogP contribution in [0, 0.1) is 17.0 Å². The van der Waals surface area contributed by atoms with Crippen molar-refractivity contribution in [1.82, 2.24) is 4.98 Å². The van der Waals surface area contributed by atoms with Crippen molar-refractivity contribution in [3.05, 3.63) is 117 Å². The fraction of sp³-hybridized carbons (Fsp3) is 0.222. The molecule has 0 aliphatic carbocycles. The number of ether oxygens (including phenoxy) is 1. The highest BCUT2D eigenvalue weighted by atomic mass is 32.1. The van der Waals surface area contributed by atoms with Crippen LogP contribution in [-0.4, -0.2) is 55.4 Å². The van der Waals surface area contributed by atoms with Gasteiger partial charge in [-0.05, 0) is 78.0 Å². The Morgan fingerprint density at radius 2 is 1.73 bits per heavy atom. The summed E-state index contributed by atoms with van der Waals surface area (Å²) >= 11 is 2.76. The third-order valence-electron chi connectivity index (χ3n) is 9.06. The van der Waals surface area contributed by atoms with E-state index in [0.29, 0.717) is 40.5 Å². The van der Waals surface area contributed by atoms with Crippen LogP contribution in [0.5, 0.6) is 0 Å². The third kappa shape index (κ3) is 5.39. The van der Waals surface area contributed by atoms with E-state index in [-0.39, 0.29) is 35.0 Å². The van der Waals surface area contributed by atoms with Gasteiger partial charge in [-0.3, -0.25) is 14.4 Å². The number of nitrogens with one attached hydrogen (secondary N) is 1. The molecule has 1 spiro atoms. The van der Waals surface area contributed by atoms with Gasteiger partial charge in [0.2, 0.25) is 0 Å². The van der Waals surface area contributed by atoms with Gasteiger partial charge in [0.25, 0.3) is 11.8 Å². The number of hydrogen-bond acceptors (Lipinski definition) is 8. The van der Waals surface area contributed by atoms with E-state index in [0.717, 1.165) is 59.4 Å². The second-order valence-corrected chi connectivity index (χ2v) is 14.3. The summed E-state index contributed by atoms with van der Waals surface area (Å²) in [4.78, 5) is 50.7. The molecule has 3 aliphatic rings. The number of benzene rings is 2. The number of ketones is 1. The largest absolute Gasteiger partial charge is 0.380 e. The molecule has 2 fully saturated rings. The van der Waals surface area contributed by atoms with Gasteiger partial charge in [-0.1, -0.05) is 6.07 Å². The zero-order valence-electron chi connectivity index (χ0n) is 25.5. The summed E-state index contributed by atoms with van der Waals surface area (Å²) in [7, 11) is 0. The number of amides is 2. The maximum atomic E-state index is 14.2. The number of Topliss-reactive ketones (excluding diaryl/α,β-unsaturated/α-hetero) is 1. The monoisotopic (exact) mass is 682 g/mol. The summed E-state index contributed by atoms with van der Waals surface area (Å²) in [5, 5.41) is 4.84. The lowest BCUT2D eigenvalue weighted by Gasteiger charge is -2.55. The molecule has 1 N–H and O–H groups in total. The van der Waals surface area contributed by atoms with Crippen LogP contribution in [-0.2, 0) is 17.6 Å². The summed E-state index contributed by atoms with van der Waals surface area (Å²) in [6.45, 7) is 3.49. The molecule has 0 atom stereocenters. The first-order chi connectivity index (χ1) is 23.3. The van der Waals surface area contributed by atoms with Crippen LogP contribution in [0.4, 0.5) is 26.0 Å². The van der Waals surface area contributed by atoms with E-state index < -0.39 is 11.6 Å². The van der Waals surface area contributed by atoms with Crippen LogP contribution < -0.4 is 15.1 Å². The Bertz CT molecular complexity index is 2060. The maximum Gasteiger partial charge on any atom is 0.259 e. The second-order valence-electron chi connectivity index (χ2n) is 12.4. The number of hydrogen-bond donors (Lipinski definition) is 1. The molecule has 3 aromatic heterocycles. The Morgan fingerprint density at radius 1 is 0.958 bits per heavy atom. The molecule has 0 unspecified atom stereocenters. The SMILES string of the molecule is O=C(Cc1c(F)cccc1F)c1cc2c(s1)-c1sccc1N(C(=O)c1ccc(NC(=O)c3cccnc3N3CC4(COC4)C3)cc1)CC2. The van der Waals surface area contributed by atoms with Crippen molar-refractivity contribution in [2.24, 2.45) is 5.41 Å². The Kier molecular flexibility index (Phi) is 7.66. The molecule has 0 saturated carbocycles. The van der Waals surface area contributed by atoms with Gasteiger partial charge in [-0.15, -0.1) is 22.7 Å². The lowest BCUT2D eigenvalue weighted by molar-refractivity contribution is -0.127. The number of fused-ring (bicyclic) bond motifs is 3. The van der Waals surface area contributed by atoms with Crippen LogP contribution in [0.2, 0.25) is 0 Å². The summed E-state index contributed by atoms with van der Waals surface area (Å²) in [5.41, 5.74) is 3.11. The van der Waals surface area contributed by atoms with E-state index in [4.69, 9.17) is 4.74 Å². The molecule has 8 nitrogen and oxygen atoms in total. The first-order valence-corrected chi connectivity index (χ1v) is 17.2. The molecular formula is C36H28F2N4O4S2. The molecule has 0 radical (unpaired) electrons. The van der Waals surface area contributed by atoms with Crippen molar-refractivity contribution in [2.75, 3.05) is 48.0 Å². The van der Waals surface area contributed by atoms with E-state index in [9.17, 15) is 23.2 Å². The van der Waals surface area contributed by atoms with Gasteiger partial charge in [-0.25, -0.2) is 13.8 Å². The van der Waals surface area contributed by atoms with Crippen LogP contribution in [0.1, 0.15) is 41.5 Å². The molecule has 2 amide bonds. The van der Waals surface area contributed by atoms with E-state index in [2.05, 4.69) is 15.2 Å². The maximum absolute atomic E-state index is 14.2. The highest BCUT2D eigenvalue weighted by Crippen LogP contribution is 2.45. The van der Waals surface area contributed by atoms with Crippen LogP contribution >= 0.6 is 22.7 Å². The van der Waals surface area contributed by atoms with E-state index in [1.165, 1.54) is 28.7 Å². The van der Waals surface area contributed by atoms with Crippen LogP contribution in [0.25, 0.3) is 9.75 Å². The normalized spacial score (nSPS) is 16.0. The molecule has 242 valence electrons. The quantitative estimate of drug-likeness (QED) is 0.189. The van der Waals surface area contributed by atoms with Gasteiger partial charge in [0, 0.05) is 49.1 Å². The molecule has 0 bridgehead atoms. The summed E-state index contributed by atoms with van der Waals surface area (Å²) in [5.74, 6) is -1.65. The summed E-state index contributed by atoms with van der Waals surface area (Å²) in [6, 6.07) is 17.6. The molecule has 12 heteroatoms. The number of pyridine rings is 1. The summed E-state index contributed by atoms with van der Waals surface area (Å²) < 4.78 is 33.8. The van der Waals surface area contributed by atoms with Crippen LogP contribution in [0.3, 0.4) is 0 Å². The molecule has 6 heterocycles. The van der Waals surface area contributed by atoms with E-state index in [1.54, 1.807) is 53.6 Å². The van der Waals surface area contributed by atoms with E-state index >= 15 is 0 Å². The number of rotatable bonds is 7. The van der Waals surface area contributed by atoms with Crippen molar-refractivity contribution in [3.8, 4) is 9.75 Å². The first kappa shape index (κ1) is 30.5. The molecule has 8 rings (SSSR count). The highest BCUT2D eigenvalue weighted by molar-refractivity contribution is 7.23. The van der Waals surface area contributed by atoms with Crippen molar-refractivity contribution in [3.63, 3.8) is 0 Å². The predicted molar refractivity (Wildman–Crippen MR) is 182 cm³/mol. The second kappa shape index (κ2) is 12.0. The zero-order valence-corrected chi connectivity index (χ0v) is 27.1. The predicted octanol–water partition coefficient (Wildman–Crippen LogP) is 6.87. The van der Waals surface area contributed by atoms with Crippen molar-refractivity contribution >= 4 is 57.5 Å². The van der Waals surface area contributed by atoms with Crippen molar-refractivity contribution < 1.29 is 27.9 Å². The Hall–Kier alpha value is -4.78. The average molecular weight is 683 g/mol. The molecule has 3 aliphatic heterocycles. The fourth-order valence-electron chi connectivity index (χ4n) is 6.50. The van der Waals surface area contributed by atoms with Gasteiger partial charge >= 0.3 is 0 Å². The number of carbonyl (C=O) groups excluding carboxylic acids is 3. The Labute approximate surface area is 282 Å². The van der Waals surface area contributed by atoms with E-state index in [1.807, 2.05) is 11.4 Å². The van der Waals surface area contributed by atoms with Gasteiger partial charge in [-0.2, -0.15) is 0 Å². The molecule has 48 heavy (non-hydrogen) atoms. The number of thiophene rings is 2. The number of nitrogens with zero attached hydrogens (tertiary/aromatic N) is 3. The van der Waals surface area contributed by atoms with Gasteiger partial charge in [0.05, 0.1) is 44.5 Å². The van der Waals surface area contributed by atoms with Gasteiger partial charge < -0.3 is 19.9 Å². The van der Waals surface area contributed by atoms with Gasteiger partial charge in [0.1, 0.15) is 17.5 Å². The molecular weight excluding hydrogens is 655 g/mol. The number of halogens is 2. The fourth-order valence-corrected chi connectivity index (χ4v) is 8.74. The lowest BCUT2D eigenvalue weighted by Crippen LogP contribution is -2.66. The minimum absolute atomic E-state index is 0.185. The van der Waals surface area contributed by atoms with Crippen LogP contribution in [0.15, 0.2) is 78.3 Å². The smallest absolute Gasteiger partial charge is 0.259 e. The first-order valence-electron chi connectivity index (χ1n) is 15.5. The lowest BCUT2D eigenvalue weighted by atomic mass is 9.78. The average Bonchev–Trinajstić information content (AvgIpc) is 3.67. The van der Waals surface area contributed by atoms with Crippen molar-refractivity contribution in [1.29, 1.82) is 0 Å². The number of carbonyl (C=O) groups is 3. The Morgan fingerprint density at radius 3 is 2.46 bits per heavy atom. The van der Waals surface area contributed by atoms with Gasteiger partial charge in [0.15, 0.2) is 5.78 Å². The number of aromatic nitrogens is 1. The molecule has 2 aromatic carbocycles. The standard InChI is InChI=1S/C36H28F2N4O4S2/c37-26-4-1-5-27(38)25(26)16-29(43)30-15-22-10-13-42(28-11-14-47-32(28)31(22)48-30)35(45)21-6-8-23(9-7-21)40-34(44)24-3-2-12-39-33(24)41-17-36(18-41)19-46-20-36/h1-9,11-12,14-15H,10,13,16-20H2,(H,40,44). The zero-order chi connectivity index (χ0) is 33.0. The molecule has 2 saturated heterocycles. The minimum Gasteiger partial charge on any atom is -0.380 e. The minimum atomic E-state index is -0.742. The Balaban J connectivity index is 0.964. The molecule has 5 aromatic rings. The summed E-state index contributed by atoms with van der Waals surface area (Å²) in [6.07, 6.45) is 1.83.